The van der Waals surface area contributed by atoms with E-state index in [2.05, 4.69) is 20.6 Å². The van der Waals surface area contributed by atoms with Crippen LogP contribution in [0.4, 0.5) is 22.7 Å². The Kier molecular flexibility index (Phi) is 3.29. The normalized spacial score (nSPS) is 10.3. The third-order valence-electron chi connectivity index (χ3n) is 2.75. The van der Waals surface area contributed by atoms with Gasteiger partial charge in [0.1, 0.15) is 23.8 Å². The Morgan fingerprint density at radius 1 is 0.950 bits per heavy atom. The van der Waals surface area contributed by atoms with Crippen LogP contribution < -0.4 is 10.6 Å². The number of nitrogens with zero attached hydrogens (tertiary/aromatic N) is 4. The van der Waals surface area contributed by atoms with Crippen LogP contribution in [0.5, 0.6) is 0 Å². The fraction of sp³-hybridized carbons (Fsp3) is 0.200. The van der Waals surface area contributed by atoms with Gasteiger partial charge in [-0.1, -0.05) is 0 Å². The molecule has 0 unspecified atom stereocenters. The summed E-state index contributed by atoms with van der Waals surface area (Å²) in [4.78, 5) is 28.5. The number of anilines is 2. The minimum absolute atomic E-state index is 0.126. The lowest BCUT2D eigenvalue weighted by Crippen LogP contribution is -2.04. The van der Waals surface area contributed by atoms with Crippen LogP contribution in [0.15, 0.2) is 12.4 Å². The first-order valence-corrected chi connectivity index (χ1v) is 5.47. The maximum absolute atomic E-state index is 11.0. The van der Waals surface area contributed by atoms with Crippen molar-refractivity contribution in [3.63, 3.8) is 0 Å². The van der Waals surface area contributed by atoms with Crippen molar-refractivity contribution < 1.29 is 9.85 Å². The largest absolute Gasteiger partial charge is 0.382 e. The first-order chi connectivity index (χ1) is 9.51. The second-order valence-corrected chi connectivity index (χ2v) is 3.75. The molecule has 0 aliphatic carbocycles. The number of rotatable bonds is 4. The summed E-state index contributed by atoms with van der Waals surface area (Å²) in [5.74, 6) is 0. The fourth-order valence-electron chi connectivity index (χ4n) is 1.92. The Bertz CT molecular complexity index is 660. The molecule has 0 aromatic carbocycles. The Morgan fingerprint density at radius 3 is 1.65 bits per heavy atom. The van der Waals surface area contributed by atoms with E-state index in [-0.39, 0.29) is 33.8 Å². The molecule has 0 aliphatic heterocycles. The predicted octanol–water partition coefficient (Wildman–Crippen LogP) is 1.53. The molecule has 2 aromatic rings. The van der Waals surface area contributed by atoms with E-state index in [4.69, 9.17) is 0 Å². The highest BCUT2D eigenvalue weighted by Crippen LogP contribution is 2.39. The average Bonchev–Trinajstić information content (AvgIpc) is 2.43. The van der Waals surface area contributed by atoms with Crippen LogP contribution in [-0.2, 0) is 0 Å². The van der Waals surface area contributed by atoms with Gasteiger partial charge in [-0.25, -0.2) is 9.97 Å². The molecular weight excluding hydrogens is 268 g/mol. The topological polar surface area (TPSA) is 136 Å². The van der Waals surface area contributed by atoms with Crippen LogP contribution in [0.25, 0.3) is 11.0 Å². The second-order valence-electron chi connectivity index (χ2n) is 3.75. The number of hydrogen-bond acceptors (Lipinski definition) is 8. The first kappa shape index (κ1) is 13.4. The molecule has 0 amide bonds. The molecule has 0 aliphatic rings. The van der Waals surface area contributed by atoms with E-state index in [0.29, 0.717) is 0 Å². The van der Waals surface area contributed by atoms with E-state index < -0.39 is 9.85 Å². The molecule has 2 heterocycles. The van der Waals surface area contributed by atoms with Crippen molar-refractivity contribution in [1.82, 2.24) is 9.97 Å². The van der Waals surface area contributed by atoms with E-state index in [1.807, 2.05) is 0 Å². The zero-order valence-corrected chi connectivity index (χ0v) is 10.6. The number of nitrogens with one attached hydrogen (secondary N) is 2. The molecule has 0 bridgehead atoms. The third-order valence-corrected chi connectivity index (χ3v) is 2.75. The van der Waals surface area contributed by atoms with Crippen LogP contribution in [-0.4, -0.2) is 33.9 Å². The molecule has 0 radical (unpaired) electrons. The highest BCUT2D eigenvalue weighted by atomic mass is 16.6. The zero-order chi connectivity index (χ0) is 14.9. The van der Waals surface area contributed by atoms with Crippen molar-refractivity contribution in [1.29, 1.82) is 0 Å². The van der Waals surface area contributed by atoms with Crippen molar-refractivity contribution in [3.05, 3.63) is 32.6 Å². The summed E-state index contributed by atoms with van der Waals surface area (Å²) in [5, 5.41) is 27.5. The molecule has 0 fully saturated rings. The van der Waals surface area contributed by atoms with Gasteiger partial charge in [-0.2, -0.15) is 0 Å². The van der Waals surface area contributed by atoms with E-state index in [1.165, 1.54) is 14.1 Å². The summed E-state index contributed by atoms with van der Waals surface area (Å²) in [7, 11) is 2.97. The molecule has 0 saturated carbocycles. The highest BCUT2D eigenvalue weighted by Gasteiger charge is 2.25. The van der Waals surface area contributed by atoms with Gasteiger partial charge in [-0.3, -0.25) is 20.2 Å². The van der Waals surface area contributed by atoms with Gasteiger partial charge in [-0.05, 0) is 0 Å². The third kappa shape index (κ3) is 1.92. The zero-order valence-electron chi connectivity index (χ0n) is 10.6. The monoisotopic (exact) mass is 278 g/mol. The Balaban J connectivity index is 2.96. The van der Waals surface area contributed by atoms with Gasteiger partial charge in [0.25, 0.3) is 0 Å². The molecule has 10 heteroatoms. The van der Waals surface area contributed by atoms with Crippen LogP contribution in [0.1, 0.15) is 0 Å². The molecule has 0 spiro atoms. The van der Waals surface area contributed by atoms with Gasteiger partial charge in [0.05, 0.1) is 15.2 Å². The van der Waals surface area contributed by atoms with Gasteiger partial charge in [-0.15, -0.1) is 0 Å². The summed E-state index contributed by atoms with van der Waals surface area (Å²) in [6.07, 6.45) is 2.12. The summed E-state index contributed by atoms with van der Waals surface area (Å²) in [6, 6.07) is 0. The van der Waals surface area contributed by atoms with Crippen LogP contribution in [0, 0.1) is 20.2 Å². The maximum Gasteiger partial charge on any atom is 0.311 e. The summed E-state index contributed by atoms with van der Waals surface area (Å²) in [6.45, 7) is 0. The van der Waals surface area contributed by atoms with E-state index in [9.17, 15) is 20.2 Å². The maximum atomic E-state index is 11.0. The van der Waals surface area contributed by atoms with Crippen molar-refractivity contribution in [2.45, 2.75) is 0 Å². The molecule has 2 aromatic heterocycles. The molecule has 0 atom stereocenters. The number of fused-ring (bicyclic) bond motifs is 1. The van der Waals surface area contributed by atoms with Gasteiger partial charge >= 0.3 is 11.4 Å². The Morgan fingerprint density at radius 2 is 1.35 bits per heavy atom. The molecule has 20 heavy (non-hydrogen) atoms. The number of hydrogen-bond donors (Lipinski definition) is 2. The van der Waals surface area contributed by atoms with E-state index in [0.717, 1.165) is 12.4 Å². The Labute approximate surface area is 112 Å². The van der Waals surface area contributed by atoms with E-state index in [1.54, 1.807) is 0 Å². The molecule has 2 rings (SSSR count). The smallest absolute Gasteiger partial charge is 0.311 e. The molecule has 0 saturated heterocycles. The minimum Gasteiger partial charge on any atom is -0.382 e. The van der Waals surface area contributed by atoms with Gasteiger partial charge in [0.2, 0.25) is 0 Å². The summed E-state index contributed by atoms with van der Waals surface area (Å²) in [5.41, 5.74) is -0.131. The number of aromatic nitrogens is 2. The molecule has 10 nitrogen and oxygen atoms in total. The predicted molar refractivity (Wildman–Crippen MR) is 71.9 cm³/mol. The van der Waals surface area contributed by atoms with Crippen molar-refractivity contribution in [3.8, 4) is 0 Å². The summed E-state index contributed by atoms with van der Waals surface area (Å²) < 4.78 is 0. The lowest BCUT2D eigenvalue weighted by atomic mass is 10.1. The molecule has 2 N–H and O–H groups in total. The lowest BCUT2D eigenvalue weighted by molar-refractivity contribution is -0.384. The van der Waals surface area contributed by atoms with Crippen LogP contribution >= 0.6 is 0 Å². The minimum atomic E-state index is -0.615. The first-order valence-electron chi connectivity index (χ1n) is 5.47. The SMILES string of the molecule is CNc1c([N+](=O)[O-])cnc2ncc([N+](=O)[O-])c(NC)c12. The van der Waals surface area contributed by atoms with Gasteiger partial charge < -0.3 is 10.6 Å². The Hall–Kier alpha value is -3.04. The van der Waals surface area contributed by atoms with Gasteiger partial charge in [0, 0.05) is 14.1 Å². The molecular formula is C10H10N6O4. The number of pyridine rings is 2. The quantitative estimate of drug-likeness (QED) is 0.634. The fourth-order valence-corrected chi connectivity index (χ4v) is 1.92. The van der Waals surface area contributed by atoms with E-state index >= 15 is 0 Å². The molecule has 104 valence electrons. The van der Waals surface area contributed by atoms with Crippen molar-refractivity contribution in [2.24, 2.45) is 0 Å². The highest BCUT2D eigenvalue weighted by molar-refractivity contribution is 6.05. The van der Waals surface area contributed by atoms with Crippen LogP contribution in [0.3, 0.4) is 0 Å². The van der Waals surface area contributed by atoms with Gasteiger partial charge in [0.15, 0.2) is 5.65 Å². The lowest BCUT2D eigenvalue weighted by Gasteiger charge is -2.10. The standard InChI is InChI=1S/C10H10N6O4/c1-11-8-5(15(17)18)3-13-10-7(8)9(12-2)6(4-14-10)16(19)20/h3-4H,1-2H3,(H2,11,12,13,14). The summed E-state index contributed by atoms with van der Waals surface area (Å²) >= 11 is 0. The number of nitro groups is 2. The van der Waals surface area contributed by atoms with Crippen LogP contribution in [0.2, 0.25) is 0 Å². The van der Waals surface area contributed by atoms with Crippen molar-refractivity contribution >= 4 is 33.8 Å². The second kappa shape index (κ2) is 4.91. The average molecular weight is 278 g/mol. The van der Waals surface area contributed by atoms with Crippen molar-refractivity contribution in [2.75, 3.05) is 24.7 Å².